The third-order valence-corrected chi connectivity index (χ3v) is 3.04. The maximum Gasteiger partial charge on any atom is 0.396 e. The zero-order valence-electron chi connectivity index (χ0n) is 8.54. The van der Waals surface area contributed by atoms with Crippen LogP contribution < -0.4 is 10.7 Å². The summed E-state index contributed by atoms with van der Waals surface area (Å²) in [4.78, 5) is 14.8. The highest BCUT2D eigenvalue weighted by molar-refractivity contribution is 7.16. The second-order valence-electron chi connectivity index (χ2n) is 3.33. The second-order valence-corrected chi connectivity index (χ2v) is 4.31. The molecule has 0 unspecified atom stereocenters. The van der Waals surface area contributed by atoms with Gasteiger partial charge in [0.25, 0.3) is 0 Å². The maximum absolute atomic E-state index is 11.1. The number of nitrogens with zero attached hydrogens (tertiary/aromatic N) is 2. The molecule has 3 aromatic rings. The average Bonchev–Trinajstić information content (AvgIpc) is 2.92. The van der Waals surface area contributed by atoms with Crippen LogP contribution in [0.25, 0.3) is 21.7 Å². The predicted molar refractivity (Wildman–Crippen MR) is 61.5 cm³/mol. The Kier molecular flexibility index (Phi) is 2.27. The van der Waals surface area contributed by atoms with Crippen LogP contribution in [-0.4, -0.2) is 10.1 Å². The van der Waals surface area contributed by atoms with Crippen LogP contribution in [0.1, 0.15) is 5.89 Å². The van der Waals surface area contributed by atoms with Crippen molar-refractivity contribution in [3.63, 3.8) is 0 Å². The van der Waals surface area contributed by atoms with Crippen molar-refractivity contribution in [1.29, 1.82) is 0 Å². The summed E-state index contributed by atoms with van der Waals surface area (Å²) >= 11 is 1.06. The summed E-state index contributed by atoms with van der Waals surface area (Å²) in [7, 11) is 0. The van der Waals surface area contributed by atoms with Gasteiger partial charge in [0.2, 0.25) is 11.7 Å². The number of rotatable bonds is 2. The molecular formula is C10H7N3O3S. The molecule has 0 radical (unpaired) electrons. The average molecular weight is 249 g/mol. The van der Waals surface area contributed by atoms with E-state index in [0.717, 1.165) is 21.6 Å². The minimum atomic E-state index is -0.326. The minimum absolute atomic E-state index is 0.197. The van der Waals surface area contributed by atoms with Gasteiger partial charge in [0, 0.05) is 5.56 Å². The molecule has 2 heterocycles. The van der Waals surface area contributed by atoms with Gasteiger partial charge in [-0.05, 0) is 18.2 Å². The lowest BCUT2D eigenvalue weighted by atomic mass is 10.2. The molecule has 0 saturated heterocycles. The van der Waals surface area contributed by atoms with Crippen LogP contribution in [0.2, 0.25) is 0 Å². The van der Waals surface area contributed by atoms with Gasteiger partial charge in [-0.2, -0.15) is 4.98 Å². The lowest BCUT2D eigenvalue weighted by Gasteiger charge is -1.92. The lowest BCUT2D eigenvalue weighted by molar-refractivity contribution is 0.380. The van der Waals surface area contributed by atoms with E-state index in [0.29, 0.717) is 17.3 Å². The van der Waals surface area contributed by atoms with E-state index in [4.69, 9.17) is 14.7 Å². The van der Waals surface area contributed by atoms with Gasteiger partial charge in [-0.3, -0.25) is 0 Å². The van der Waals surface area contributed by atoms with Gasteiger partial charge in [-0.25, -0.2) is 4.79 Å². The van der Waals surface area contributed by atoms with E-state index in [1.54, 1.807) is 18.2 Å². The molecule has 0 spiro atoms. The van der Waals surface area contributed by atoms with Crippen molar-refractivity contribution >= 4 is 21.6 Å². The maximum atomic E-state index is 11.1. The number of fused-ring (bicyclic) bond motifs is 1. The fourth-order valence-electron chi connectivity index (χ4n) is 1.47. The summed E-state index contributed by atoms with van der Waals surface area (Å²) in [6, 6.07) is 5.30. The molecule has 0 aliphatic rings. The van der Waals surface area contributed by atoms with Gasteiger partial charge < -0.3 is 14.7 Å². The van der Waals surface area contributed by atoms with E-state index in [9.17, 15) is 4.79 Å². The fraction of sp³-hybridized carbons (Fsp3) is 0.100. The van der Waals surface area contributed by atoms with Gasteiger partial charge in [0.1, 0.15) is 5.58 Å². The summed E-state index contributed by atoms with van der Waals surface area (Å²) in [6.45, 7) is 0.197. The summed E-state index contributed by atoms with van der Waals surface area (Å²) in [5.74, 6) is 0.799. The largest absolute Gasteiger partial charge is 0.414 e. The molecule has 0 atom stereocenters. The van der Waals surface area contributed by atoms with Gasteiger partial charge >= 0.3 is 4.94 Å². The Morgan fingerprint density at radius 2 is 2.29 bits per heavy atom. The second kappa shape index (κ2) is 3.79. The molecule has 0 aliphatic heterocycles. The molecule has 0 amide bonds. The van der Waals surface area contributed by atoms with Crippen LogP contribution in [0.5, 0.6) is 0 Å². The third kappa shape index (κ3) is 1.75. The number of benzene rings is 1. The van der Waals surface area contributed by atoms with Gasteiger partial charge in [0.05, 0.1) is 11.2 Å². The topological polar surface area (TPSA) is 95.2 Å². The smallest absolute Gasteiger partial charge is 0.396 e. The Labute approximate surface area is 98.7 Å². The zero-order chi connectivity index (χ0) is 11.8. The Morgan fingerprint density at radius 1 is 1.41 bits per heavy atom. The number of aromatic nitrogens is 2. The molecule has 0 bridgehead atoms. The first-order valence-electron chi connectivity index (χ1n) is 4.83. The Hall–Kier alpha value is -1.99. The summed E-state index contributed by atoms with van der Waals surface area (Å²) in [5.41, 5.74) is 6.63. The summed E-state index contributed by atoms with van der Waals surface area (Å²) < 4.78 is 10.7. The molecule has 0 aliphatic carbocycles. The zero-order valence-corrected chi connectivity index (χ0v) is 9.36. The van der Waals surface area contributed by atoms with E-state index < -0.39 is 0 Å². The highest BCUT2D eigenvalue weighted by atomic mass is 32.1. The normalized spacial score (nSPS) is 11.1. The third-order valence-electron chi connectivity index (χ3n) is 2.23. The lowest BCUT2D eigenvalue weighted by Crippen LogP contribution is -1.95. The molecule has 2 aromatic heterocycles. The van der Waals surface area contributed by atoms with Crippen LogP contribution >= 0.6 is 11.3 Å². The van der Waals surface area contributed by atoms with Crippen LogP contribution in [0, 0.1) is 0 Å². The van der Waals surface area contributed by atoms with Crippen molar-refractivity contribution < 1.29 is 8.94 Å². The summed E-state index contributed by atoms with van der Waals surface area (Å²) in [5, 5.41) is 3.79. The number of nitrogens with two attached hydrogens (primary N) is 1. The molecule has 86 valence electrons. The molecule has 3 rings (SSSR count). The number of hydrogen-bond acceptors (Lipinski definition) is 7. The molecule has 6 nitrogen and oxygen atoms in total. The van der Waals surface area contributed by atoms with Crippen LogP contribution in [0.15, 0.2) is 31.9 Å². The fourth-order valence-corrected chi connectivity index (χ4v) is 2.11. The molecule has 0 saturated carbocycles. The highest BCUT2D eigenvalue weighted by Gasteiger charge is 2.10. The molecular weight excluding hydrogens is 242 g/mol. The van der Waals surface area contributed by atoms with E-state index in [1.165, 1.54) is 0 Å². The quantitative estimate of drug-likeness (QED) is 0.736. The first-order valence-corrected chi connectivity index (χ1v) is 5.64. The van der Waals surface area contributed by atoms with E-state index >= 15 is 0 Å². The Morgan fingerprint density at radius 3 is 3.06 bits per heavy atom. The van der Waals surface area contributed by atoms with Gasteiger partial charge in [-0.15, -0.1) is 0 Å². The Balaban J connectivity index is 2.13. The van der Waals surface area contributed by atoms with Crippen molar-refractivity contribution in [1.82, 2.24) is 10.1 Å². The van der Waals surface area contributed by atoms with E-state index in [-0.39, 0.29) is 11.5 Å². The van der Waals surface area contributed by atoms with Gasteiger partial charge in [-0.1, -0.05) is 16.5 Å². The number of hydrogen-bond donors (Lipinski definition) is 1. The Bertz CT molecular complexity index is 728. The minimum Gasteiger partial charge on any atom is -0.414 e. The van der Waals surface area contributed by atoms with Crippen molar-refractivity contribution in [3.8, 4) is 11.4 Å². The van der Waals surface area contributed by atoms with Crippen LogP contribution in [0.4, 0.5) is 0 Å². The molecule has 1 aromatic carbocycles. The van der Waals surface area contributed by atoms with E-state index in [2.05, 4.69) is 10.1 Å². The monoisotopic (exact) mass is 249 g/mol. The van der Waals surface area contributed by atoms with Crippen LogP contribution in [-0.2, 0) is 6.54 Å². The molecule has 0 fully saturated rings. The first-order chi connectivity index (χ1) is 8.26. The van der Waals surface area contributed by atoms with Gasteiger partial charge in [0.15, 0.2) is 0 Å². The first kappa shape index (κ1) is 10.2. The predicted octanol–water partition coefficient (Wildman–Crippen LogP) is 1.36. The van der Waals surface area contributed by atoms with Crippen LogP contribution in [0.3, 0.4) is 0 Å². The van der Waals surface area contributed by atoms with Crippen molar-refractivity contribution in [2.75, 3.05) is 0 Å². The summed E-state index contributed by atoms with van der Waals surface area (Å²) in [6.07, 6.45) is 0. The van der Waals surface area contributed by atoms with Crippen molar-refractivity contribution in [2.45, 2.75) is 6.54 Å². The highest BCUT2D eigenvalue weighted by Crippen LogP contribution is 2.23. The SMILES string of the molecule is NCc1nc(-c2ccc3sc(=O)oc3c2)no1. The molecule has 2 N–H and O–H groups in total. The van der Waals surface area contributed by atoms with E-state index in [1.807, 2.05) is 0 Å². The molecule has 17 heavy (non-hydrogen) atoms. The standard InChI is InChI=1S/C10H7N3O3S/c11-4-8-12-9(13-16-8)5-1-2-7-6(3-5)15-10(14)17-7/h1-3H,4,11H2. The van der Waals surface area contributed by atoms with Crippen molar-refractivity contribution in [3.05, 3.63) is 33.8 Å². The van der Waals surface area contributed by atoms with Crippen molar-refractivity contribution in [2.24, 2.45) is 5.73 Å². The molecule has 7 heteroatoms.